The number of nitriles is 1. The van der Waals surface area contributed by atoms with E-state index in [9.17, 15) is 14.5 Å². The lowest BCUT2D eigenvalue weighted by molar-refractivity contribution is -0.497. The van der Waals surface area contributed by atoms with E-state index < -0.39 is 17.3 Å². The monoisotopic (exact) mass is 214 g/mol. The van der Waals surface area contributed by atoms with Gasteiger partial charge in [-0.15, -0.1) is 0 Å². The van der Waals surface area contributed by atoms with Crippen molar-refractivity contribution in [1.29, 1.82) is 5.26 Å². The summed E-state index contributed by atoms with van der Waals surface area (Å²) in [6.07, 6.45) is 0. The normalized spacial score (nSPS) is 9.50. The topological polar surface area (TPSA) is 66.9 Å². The third-order valence-corrected chi connectivity index (χ3v) is 1.87. The van der Waals surface area contributed by atoms with Gasteiger partial charge in [0, 0.05) is 4.92 Å². The number of hydrogen-bond donors (Lipinski definition) is 0. The summed E-state index contributed by atoms with van der Waals surface area (Å²) >= 11 is 5.57. The van der Waals surface area contributed by atoms with Gasteiger partial charge in [0.05, 0.1) is 16.1 Å². The summed E-state index contributed by atoms with van der Waals surface area (Å²) in [5, 5.41) is 18.6. The van der Waals surface area contributed by atoms with Crippen molar-refractivity contribution in [2.24, 2.45) is 0 Å². The fourth-order valence-electron chi connectivity index (χ4n) is 0.934. The minimum absolute atomic E-state index is 0.0192. The summed E-state index contributed by atoms with van der Waals surface area (Å²) in [5.74, 6) is -0.789. The molecule has 0 bridgehead atoms. The molecule has 72 valence electrons. The van der Waals surface area contributed by atoms with Crippen molar-refractivity contribution in [3.63, 3.8) is 0 Å². The Balaban J connectivity index is 3.16. The van der Waals surface area contributed by atoms with Crippen molar-refractivity contribution in [2.75, 3.05) is 0 Å². The largest absolute Gasteiger partial charge is 0.264 e. The molecule has 0 N–H and O–H groups in total. The van der Waals surface area contributed by atoms with Crippen LogP contribution in [0.15, 0.2) is 12.1 Å². The van der Waals surface area contributed by atoms with E-state index in [0.717, 1.165) is 12.1 Å². The highest BCUT2D eigenvalue weighted by Crippen LogP contribution is 2.20. The Hall–Kier alpha value is -1.67. The molecule has 0 aromatic heterocycles. The second-order valence-corrected chi connectivity index (χ2v) is 2.93. The van der Waals surface area contributed by atoms with Crippen molar-refractivity contribution >= 4 is 11.6 Å². The molecule has 4 nitrogen and oxygen atoms in total. The minimum atomic E-state index is -0.789. The molecule has 1 aromatic carbocycles. The van der Waals surface area contributed by atoms with Gasteiger partial charge in [0.25, 0.3) is 0 Å². The van der Waals surface area contributed by atoms with Crippen molar-refractivity contribution in [2.45, 2.75) is 6.54 Å². The zero-order valence-corrected chi connectivity index (χ0v) is 7.58. The van der Waals surface area contributed by atoms with Crippen molar-refractivity contribution in [3.05, 3.63) is 44.2 Å². The van der Waals surface area contributed by atoms with Crippen LogP contribution < -0.4 is 0 Å². The van der Waals surface area contributed by atoms with E-state index in [1.165, 1.54) is 0 Å². The summed E-state index contributed by atoms with van der Waals surface area (Å²) in [4.78, 5) is 9.45. The zero-order valence-electron chi connectivity index (χ0n) is 6.83. The number of hydrogen-bond acceptors (Lipinski definition) is 3. The Morgan fingerprint density at radius 3 is 2.79 bits per heavy atom. The van der Waals surface area contributed by atoms with Gasteiger partial charge >= 0.3 is 0 Å². The van der Waals surface area contributed by atoms with Crippen molar-refractivity contribution in [3.8, 4) is 6.07 Å². The molecule has 0 atom stereocenters. The van der Waals surface area contributed by atoms with Crippen molar-refractivity contribution in [1.82, 2.24) is 0 Å². The molecular weight excluding hydrogens is 211 g/mol. The van der Waals surface area contributed by atoms with Crippen LogP contribution in [0.1, 0.15) is 11.1 Å². The molecule has 0 saturated carbocycles. The molecule has 0 spiro atoms. The van der Waals surface area contributed by atoms with Gasteiger partial charge in [0.15, 0.2) is 0 Å². The maximum Gasteiger partial charge on any atom is 0.231 e. The molecule has 0 radical (unpaired) electrons. The lowest BCUT2D eigenvalue weighted by Crippen LogP contribution is -2.01. The number of rotatable bonds is 2. The van der Waals surface area contributed by atoms with Crippen LogP contribution in [0.25, 0.3) is 0 Å². The van der Waals surface area contributed by atoms with Gasteiger partial charge in [0.1, 0.15) is 11.9 Å². The standard InChI is InChI=1S/C8H4ClFN2O2/c9-7-1-6(4-12(13)14)8(10)2-5(7)3-11/h1-2H,4H2. The van der Waals surface area contributed by atoms with Gasteiger partial charge in [-0.2, -0.15) is 5.26 Å². The molecule has 0 fully saturated rings. The predicted octanol–water partition coefficient (Wildman–Crippen LogP) is 2.13. The first-order valence-electron chi connectivity index (χ1n) is 3.54. The molecule has 14 heavy (non-hydrogen) atoms. The second-order valence-electron chi connectivity index (χ2n) is 2.53. The summed E-state index contributed by atoms with van der Waals surface area (Å²) in [6.45, 7) is -0.642. The zero-order chi connectivity index (χ0) is 10.7. The molecule has 0 saturated heterocycles. The van der Waals surface area contributed by atoms with Gasteiger partial charge in [-0.1, -0.05) is 11.6 Å². The highest BCUT2D eigenvalue weighted by atomic mass is 35.5. The number of nitro groups is 1. The molecule has 1 rings (SSSR count). The lowest BCUT2D eigenvalue weighted by atomic mass is 10.1. The van der Waals surface area contributed by atoms with Gasteiger partial charge in [-0.05, 0) is 12.1 Å². The summed E-state index contributed by atoms with van der Waals surface area (Å²) in [6, 6.07) is 3.66. The molecule has 0 aliphatic rings. The van der Waals surface area contributed by atoms with Crippen LogP contribution in [0.5, 0.6) is 0 Å². The highest BCUT2D eigenvalue weighted by Gasteiger charge is 2.12. The predicted molar refractivity (Wildman–Crippen MR) is 46.8 cm³/mol. The highest BCUT2D eigenvalue weighted by molar-refractivity contribution is 6.31. The van der Waals surface area contributed by atoms with E-state index in [1.807, 2.05) is 0 Å². The molecular formula is C8H4ClFN2O2. The fourth-order valence-corrected chi connectivity index (χ4v) is 1.16. The van der Waals surface area contributed by atoms with Crippen LogP contribution in [0.2, 0.25) is 5.02 Å². The summed E-state index contributed by atoms with van der Waals surface area (Å²) in [5.41, 5.74) is -0.157. The maximum absolute atomic E-state index is 13.1. The van der Waals surface area contributed by atoms with E-state index >= 15 is 0 Å². The second kappa shape index (κ2) is 4.03. The maximum atomic E-state index is 13.1. The van der Waals surface area contributed by atoms with Crippen LogP contribution in [0, 0.1) is 27.3 Å². The van der Waals surface area contributed by atoms with Gasteiger partial charge in [-0.25, -0.2) is 4.39 Å². The summed E-state index contributed by atoms with van der Waals surface area (Å²) < 4.78 is 13.1. The Morgan fingerprint density at radius 2 is 2.29 bits per heavy atom. The quantitative estimate of drug-likeness (QED) is 0.559. The molecule has 0 amide bonds. The third-order valence-electron chi connectivity index (χ3n) is 1.56. The van der Waals surface area contributed by atoms with Crippen LogP contribution >= 0.6 is 11.6 Å². The first-order valence-corrected chi connectivity index (χ1v) is 3.92. The number of benzene rings is 1. The van der Waals surface area contributed by atoms with Crippen molar-refractivity contribution < 1.29 is 9.31 Å². The SMILES string of the molecule is N#Cc1cc(F)c(C[N+](=O)[O-])cc1Cl. The van der Waals surface area contributed by atoms with E-state index in [4.69, 9.17) is 16.9 Å². The van der Waals surface area contributed by atoms with Crippen LogP contribution in [-0.4, -0.2) is 4.92 Å². The Labute approximate surface area is 83.7 Å². The number of halogens is 2. The van der Waals surface area contributed by atoms with E-state index in [0.29, 0.717) is 0 Å². The smallest absolute Gasteiger partial charge is 0.231 e. The first kappa shape index (κ1) is 10.4. The Kier molecular flexibility index (Phi) is 2.99. The number of nitrogens with zero attached hydrogens (tertiary/aromatic N) is 2. The molecule has 1 aromatic rings. The van der Waals surface area contributed by atoms with Crippen LogP contribution in [0.4, 0.5) is 4.39 Å². The van der Waals surface area contributed by atoms with E-state index in [1.54, 1.807) is 6.07 Å². The van der Waals surface area contributed by atoms with Gasteiger partial charge in [0.2, 0.25) is 6.54 Å². The van der Waals surface area contributed by atoms with Crippen LogP contribution in [-0.2, 0) is 6.54 Å². The van der Waals surface area contributed by atoms with E-state index in [2.05, 4.69) is 0 Å². The Bertz CT molecular complexity index is 428. The molecule has 6 heteroatoms. The van der Waals surface area contributed by atoms with Gasteiger partial charge in [-0.3, -0.25) is 10.1 Å². The summed E-state index contributed by atoms with van der Waals surface area (Å²) in [7, 11) is 0. The first-order chi connectivity index (χ1) is 6.54. The minimum Gasteiger partial charge on any atom is -0.264 e. The Morgan fingerprint density at radius 1 is 1.64 bits per heavy atom. The van der Waals surface area contributed by atoms with Gasteiger partial charge < -0.3 is 0 Å². The average Bonchev–Trinajstić information content (AvgIpc) is 2.10. The van der Waals surface area contributed by atoms with E-state index in [-0.39, 0.29) is 16.1 Å². The van der Waals surface area contributed by atoms with Crippen LogP contribution in [0.3, 0.4) is 0 Å². The molecule has 0 aliphatic heterocycles. The molecule has 0 heterocycles. The third kappa shape index (κ3) is 2.18. The lowest BCUT2D eigenvalue weighted by Gasteiger charge is -2.00. The molecule has 0 aliphatic carbocycles. The fraction of sp³-hybridized carbons (Fsp3) is 0.125. The average molecular weight is 215 g/mol. The molecule has 0 unspecified atom stereocenters.